The number of carboxylic acids is 1. The van der Waals surface area contributed by atoms with Crippen LogP contribution in [0.25, 0.3) is 11.3 Å². The van der Waals surface area contributed by atoms with E-state index in [2.05, 4.69) is 34.1 Å². The van der Waals surface area contributed by atoms with Crippen molar-refractivity contribution >= 4 is 11.7 Å². The Morgan fingerprint density at radius 1 is 1.07 bits per heavy atom. The molecule has 0 fully saturated rings. The van der Waals surface area contributed by atoms with Crippen LogP contribution in [0.15, 0.2) is 59.4 Å². The number of aromatic amines is 1. The molecule has 0 saturated heterocycles. The van der Waals surface area contributed by atoms with Crippen LogP contribution in [0, 0.1) is 0 Å². The molecule has 136 valence electrons. The Hall–Kier alpha value is -3.34. The average Bonchev–Trinajstić information content (AvgIpc) is 3.12. The summed E-state index contributed by atoms with van der Waals surface area (Å²) in [4.78, 5) is 28.3. The molecule has 0 aliphatic carbocycles. The van der Waals surface area contributed by atoms with E-state index in [1.807, 2.05) is 31.2 Å². The average molecular weight is 360 g/mol. The van der Waals surface area contributed by atoms with E-state index < -0.39 is 11.5 Å². The van der Waals surface area contributed by atoms with Gasteiger partial charge in [0, 0.05) is 18.8 Å². The number of aromatic nitrogens is 1. The lowest BCUT2D eigenvalue weighted by atomic mass is 10.0. The van der Waals surface area contributed by atoms with Crippen LogP contribution >= 0.6 is 0 Å². The van der Waals surface area contributed by atoms with Gasteiger partial charge < -0.3 is 15.0 Å². The molecule has 0 saturated carbocycles. The van der Waals surface area contributed by atoms with Crippen molar-refractivity contribution in [2.45, 2.75) is 26.4 Å². The SMILES string of the molecule is CCc1cc(C(=O)O)c(=O)[nH]c1-c1ccc(N2Cc3ccccc3C2)cc1. The lowest BCUT2D eigenvalue weighted by Crippen LogP contribution is -2.19. The summed E-state index contributed by atoms with van der Waals surface area (Å²) >= 11 is 0. The minimum atomic E-state index is -1.21. The number of pyridine rings is 1. The molecule has 0 atom stereocenters. The Labute approximate surface area is 156 Å². The number of H-pyrrole nitrogens is 1. The summed E-state index contributed by atoms with van der Waals surface area (Å²) in [6, 6.07) is 18.0. The van der Waals surface area contributed by atoms with Gasteiger partial charge in [-0.2, -0.15) is 0 Å². The second-order valence-electron chi connectivity index (χ2n) is 6.74. The summed E-state index contributed by atoms with van der Waals surface area (Å²) in [5.74, 6) is -1.21. The summed E-state index contributed by atoms with van der Waals surface area (Å²) in [5, 5.41) is 9.15. The predicted molar refractivity (Wildman–Crippen MR) is 105 cm³/mol. The number of hydrogen-bond acceptors (Lipinski definition) is 3. The van der Waals surface area contributed by atoms with Crippen LogP contribution in [0.4, 0.5) is 5.69 Å². The molecule has 27 heavy (non-hydrogen) atoms. The third kappa shape index (κ3) is 3.12. The normalized spacial score (nSPS) is 12.9. The van der Waals surface area contributed by atoms with Crippen molar-refractivity contribution in [3.8, 4) is 11.3 Å². The molecule has 0 bridgehead atoms. The van der Waals surface area contributed by atoms with Crippen LogP contribution in [0.3, 0.4) is 0 Å². The van der Waals surface area contributed by atoms with E-state index in [1.54, 1.807) is 0 Å². The van der Waals surface area contributed by atoms with E-state index in [9.17, 15) is 9.59 Å². The molecule has 0 unspecified atom stereocenters. The molecule has 4 rings (SSSR count). The van der Waals surface area contributed by atoms with Gasteiger partial charge in [0.15, 0.2) is 0 Å². The first-order chi connectivity index (χ1) is 13.1. The minimum Gasteiger partial charge on any atom is -0.477 e. The fourth-order valence-corrected chi connectivity index (χ4v) is 3.62. The van der Waals surface area contributed by atoms with Crippen molar-refractivity contribution < 1.29 is 9.90 Å². The lowest BCUT2D eigenvalue weighted by molar-refractivity contribution is 0.0695. The molecule has 0 radical (unpaired) electrons. The fraction of sp³-hybridized carbons (Fsp3) is 0.182. The van der Waals surface area contributed by atoms with Gasteiger partial charge >= 0.3 is 5.97 Å². The van der Waals surface area contributed by atoms with Gasteiger partial charge in [0.25, 0.3) is 5.56 Å². The predicted octanol–water partition coefficient (Wildman–Crippen LogP) is 3.82. The van der Waals surface area contributed by atoms with Crippen LogP contribution in [0.2, 0.25) is 0 Å². The molecule has 3 aromatic rings. The number of aromatic carboxylic acids is 1. The van der Waals surface area contributed by atoms with E-state index >= 15 is 0 Å². The number of carboxylic acid groups (broad SMARTS) is 1. The third-order valence-electron chi connectivity index (χ3n) is 5.10. The number of carbonyl (C=O) groups is 1. The number of aryl methyl sites for hydroxylation is 1. The molecule has 1 aromatic heterocycles. The van der Waals surface area contributed by atoms with Gasteiger partial charge in [0.2, 0.25) is 0 Å². The smallest absolute Gasteiger partial charge is 0.341 e. The zero-order valence-electron chi connectivity index (χ0n) is 15.0. The Morgan fingerprint density at radius 3 is 2.26 bits per heavy atom. The zero-order chi connectivity index (χ0) is 19.0. The van der Waals surface area contributed by atoms with Crippen molar-refractivity contribution in [2.75, 3.05) is 4.90 Å². The number of anilines is 1. The Bertz CT molecular complexity index is 1040. The molecular weight excluding hydrogens is 340 g/mol. The standard InChI is InChI=1S/C22H20N2O3/c1-2-14-11-19(22(26)27)21(25)23-20(14)15-7-9-18(10-8-15)24-12-16-5-3-4-6-17(16)13-24/h3-11H,2,12-13H2,1H3,(H,23,25)(H,26,27). The summed E-state index contributed by atoms with van der Waals surface area (Å²) in [6.07, 6.45) is 0.635. The maximum Gasteiger partial charge on any atom is 0.341 e. The molecule has 5 heteroatoms. The summed E-state index contributed by atoms with van der Waals surface area (Å²) in [6.45, 7) is 3.72. The largest absolute Gasteiger partial charge is 0.477 e. The highest BCUT2D eigenvalue weighted by Crippen LogP contribution is 2.30. The number of benzene rings is 2. The molecule has 2 heterocycles. The van der Waals surface area contributed by atoms with Gasteiger partial charge in [0.1, 0.15) is 5.56 Å². The highest BCUT2D eigenvalue weighted by Gasteiger charge is 2.19. The van der Waals surface area contributed by atoms with Crippen LogP contribution in [-0.2, 0) is 19.5 Å². The molecule has 2 N–H and O–H groups in total. The van der Waals surface area contributed by atoms with Crippen molar-refractivity contribution in [1.82, 2.24) is 4.98 Å². The second kappa shape index (κ2) is 6.76. The van der Waals surface area contributed by atoms with E-state index in [0.717, 1.165) is 29.9 Å². The van der Waals surface area contributed by atoms with E-state index in [0.29, 0.717) is 12.1 Å². The zero-order valence-corrected chi connectivity index (χ0v) is 15.0. The number of rotatable bonds is 4. The van der Waals surface area contributed by atoms with Gasteiger partial charge in [-0.15, -0.1) is 0 Å². The second-order valence-corrected chi connectivity index (χ2v) is 6.74. The van der Waals surface area contributed by atoms with Crippen LogP contribution in [0.5, 0.6) is 0 Å². The monoisotopic (exact) mass is 360 g/mol. The molecule has 2 aromatic carbocycles. The first kappa shape index (κ1) is 17.1. The Kier molecular flexibility index (Phi) is 4.28. The first-order valence-corrected chi connectivity index (χ1v) is 8.98. The molecular formula is C22H20N2O3. The lowest BCUT2D eigenvalue weighted by Gasteiger charge is -2.18. The topological polar surface area (TPSA) is 73.4 Å². The first-order valence-electron chi connectivity index (χ1n) is 8.98. The molecule has 5 nitrogen and oxygen atoms in total. The molecule has 0 amide bonds. The molecule has 1 aliphatic rings. The third-order valence-corrected chi connectivity index (χ3v) is 5.10. The van der Waals surface area contributed by atoms with E-state index in [1.165, 1.54) is 17.2 Å². The minimum absolute atomic E-state index is 0.220. The highest BCUT2D eigenvalue weighted by atomic mass is 16.4. The van der Waals surface area contributed by atoms with Crippen LogP contribution < -0.4 is 10.5 Å². The van der Waals surface area contributed by atoms with E-state index in [4.69, 9.17) is 5.11 Å². The van der Waals surface area contributed by atoms with Crippen molar-refractivity contribution in [3.05, 3.63) is 87.2 Å². The van der Waals surface area contributed by atoms with Gasteiger partial charge in [-0.05, 0) is 46.9 Å². The van der Waals surface area contributed by atoms with Crippen LogP contribution in [-0.4, -0.2) is 16.1 Å². The molecule has 0 spiro atoms. The van der Waals surface area contributed by atoms with Gasteiger partial charge in [-0.1, -0.05) is 43.3 Å². The van der Waals surface area contributed by atoms with Crippen molar-refractivity contribution in [1.29, 1.82) is 0 Å². The quantitative estimate of drug-likeness (QED) is 0.742. The number of hydrogen-bond donors (Lipinski definition) is 2. The highest BCUT2D eigenvalue weighted by molar-refractivity contribution is 5.88. The number of fused-ring (bicyclic) bond motifs is 1. The van der Waals surface area contributed by atoms with Crippen molar-refractivity contribution in [3.63, 3.8) is 0 Å². The number of nitrogens with one attached hydrogen (secondary N) is 1. The van der Waals surface area contributed by atoms with E-state index in [-0.39, 0.29) is 5.56 Å². The summed E-state index contributed by atoms with van der Waals surface area (Å²) in [7, 11) is 0. The maximum absolute atomic E-state index is 12.1. The van der Waals surface area contributed by atoms with Crippen LogP contribution in [0.1, 0.15) is 34.0 Å². The van der Waals surface area contributed by atoms with Gasteiger partial charge in [0.05, 0.1) is 5.69 Å². The van der Waals surface area contributed by atoms with Crippen molar-refractivity contribution in [2.24, 2.45) is 0 Å². The Balaban J connectivity index is 1.65. The maximum atomic E-state index is 12.1. The summed E-state index contributed by atoms with van der Waals surface area (Å²) in [5.41, 5.74) is 5.40. The fourth-order valence-electron chi connectivity index (χ4n) is 3.62. The Morgan fingerprint density at radius 2 is 1.70 bits per heavy atom. The van der Waals surface area contributed by atoms with Gasteiger partial charge in [-0.3, -0.25) is 4.79 Å². The van der Waals surface area contributed by atoms with Gasteiger partial charge in [-0.25, -0.2) is 4.79 Å². The summed E-state index contributed by atoms with van der Waals surface area (Å²) < 4.78 is 0. The number of nitrogens with zero attached hydrogens (tertiary/aromatic N) is 1. The molecule has 1 aliphatic heterocycles.